The highest BCUT2D eigenvalue weighted by molar-refractivity contribution is 5.43. The van der Waals surface area contributed by atoms with Gasteiger partial charge in [0, 0.05) is 0 Å². The van der Waals surface area contributed by atoms with Gasteiger partial charge in [-0.25, -0.2) is 0 Å². The van der Waals surface area contributed by atoms with Gasteiger partial charge in [-0.05, 0) is 24.6 Å². The highest BCUT2D eigenvalue weighted by atomic mass is 16.5. The number of hydrogen-bond donors (Lipinski definition) is 0. The summed E-state index contributed by atoms with van der Waals surface area (Å²) in [6, 6.07) is 5.57. The van der Waals surface area contributed by atoms with E-state index in [-0.39, 0.29) is 0 Å². The van der Waals surface area contributed by atoms with Crippen LogP contribution in [-0.4, -0.2) is 7.11 Å². The molecular weight excluding hydrogens is 152 g/mol. The largest absolute Gasteiger partial charge is 0.493 e. The first kappa shape index (κ1) is 8.48. The van der Waals surface area contributed by atoms with Crippen molar-refractivity contribution in [3.8, 4) is 24.0 Å². The van der Waals surface area contributed by atoms with Gasteiger partial charge in [-0.15, -0.1) is 0 Å². The van der Waals surface area contributed by atoms with Crippen LogP contribution in [0.4, 0.5) is 0 Å². The molecule has 0 N–H and O–H groups in total. The fraction of sp³-hybridized carbons (Fsp3) is 0.200. The first-order chi connectivity index (χ1) is 5.77. The van der Waals surface area contributed by atoms with Gasteiger partial charge in [0.05, 0.1) is 7.11 Å². The minimum absolute atomic E-state index is 0.575. The van der Waals surface area contributed by atoms with E-state index in [0.717, 1.165) is 5.56 Å². The van der Waals surface area contributed by atoms with Gasteiger partial charge >= 0.3 is 0 Å². The monoisotopic (exact) mass is 162 g/mol. The average Bonchev–Trinajstić information content (AvgIpc) is 2.08. The molecule has 2 heteroatoms. The molecule has 0 spiro atoms. The van der Waals surface area contributed by atoms with Crippen molar-refractivity contribution < 1.29 is 9.47 Å². The van der Waals surface area contributed by atoms with E-state index < -0.39 is 0 Å². The van der Waals surface area contributed by atoms with E-state index >= 15 is 0 Å². The molecule has 1 aromatic rings. The van der Waals surface area contributed by atoms with Gasteiger partial charge < -0.3 is 9.47 Å². The van der Waals surface area contributed by atoms with Gasteiger partial charge in [0.15, 0.2) is 11.5 Å². The number of rotatable bonds is 2. The Morgan fingerprint density at radius 2 is 2.08 bits per heavy atom. The zero-order valence-electron chi connectivity index (χ0n) is 7.13. The Kier molecular flexibility index (Phi) is 2.60. The average molecular weight is 162 g/mol. The summed E-state index contributed by atoms with van der Waals surface area (Å²) >= 11 is 0. The Morgan fingerprint density at radius 3 is 2.67 bits per heavy atom. The predicted molar refractivity (Wildman–Crippen MR) is 47.2 cm³/mol. The number of ether oxygens (including phenoxy) is 2. The number of terminal acetylenes is 1. The topological polar surface area (TPSA) is 18.5 Å². The summed E-state index contributed by atoms with van der Waals surface area (Å²) < 4.78 is 9.94. The van der Waals surface area contributed by atoms with Gasteiger partial charge in [0.2, 0.25) is 0 Å². The van der Waals surface area contributed by atoms with Crippen molar-refractivity contribution >= 4 is 0 Å². The molecule has 0 amide bonds. The lowest BCUT2D eigenvalue weighted by atomic mass is 10.2. The molecule has 1 aromatic carbocycles. The molecule has 0 bridgehead atoms. The quantitative estimate of drug-likeness (QED) is 0.619. The second-order valence-corrected chi connectivity index (χ2v) is 2.37. The molecule has 0 aromatic heterocycles. The summed E-state index contributed by atoms with van der Waals surface area (Å²) in [6.45, 7) is 1.97. The second-order valence-electron chi connectivity index (χ2n) is 2.37. The van der Waals surface area contributed by atoms with E-state index in [0.29, 0.717) is 11.5 Å². The summed E-state index contributed by atoms with van der Waals surface area (Å²) in [6.07, 6.45) is 7.09. The number of benzene rings is 1. The molecule has 2 nitrogen and oxygen atoms in total. The molecule has 0 saturated carbocycles. The molecular formula is C10H10O2. The van der Waals surface area contributed by atoms with Crippen LogP contribution in [0.5, 0.6) is 11.5 Å². The Bertz CT molecular complexity index is 310. The van der Waals surface area contributed by atoms with Crippen LogP contribution in [0.25, 0.3) is 0 Å². The van der Waals surface area contributed by atoms with Crippen molar-refractivity contribution in [1.82, 2.24) is 0 Å². The first-order valence-corrected chi connectivity index (χ1v) is 3.55. The molecule has 1 rings (SSSR count). The third kappa shape index (κ3) is 1.70. The van der Waals surface area contributed by atoms with Crippen molar-refractivity contribution in [3.63, 3.8) is 0 Å². The van der Waals surface area contributed by atoms with E-state index in [1.165, 1.54) is 0 Å². The molecule has 12 heavy (non-hydrogen) atoms. The minimum Gasteiger partial charge on any atom is -0.493 e. The number of hydrogen-bond acceptors (Lipinski definition) is 2. The molecule has 0 radical (unpaired) electrons. The highest BCUT2D eigenvalue weighted by Gasteiger charge is 2.02. The molecule has 0 aliphatic heterocycles. The van der Waals surface area contributed by atoms with Crippen LogP contribution in [0, 0.1) is 19.5 Å². The van der Waals surface area contributed by atoms with Crippen molar-refractivity contribution in [3.05, 3.63) is 23.8 Å². The lowest BCUT2D eigenvalue weighted by Crippen LogP contribution is -1.89. The Labute approximate surface area is 72.1 Å². The maximum Gasteiger partial charge on any atom is 0.182 e. The van der Waals surface area contributed by atoms with Crippen LogP contribution in [0.15, 0.2) is 18.2 Å². The van der Waals surface area contributed by atoms with E-state index in [9.17, 15) is 0 Å². The van der Waals surface area contributed by atoms with Gasteiger partial charge in [0.1, 0.15) is 6.11 Å². The lowest BCUT2D eigenvalue weighted by Gasteiger charge is -2.05. The maximum atomic E-state index is 5.06. The van der Waals surface area contributed by atoms with Crippen molar-refractivity contribution in [2.75, 3.05) is 7.11 Å². The Morgan fingerprint density at radius 1 is 1.33 bits per heavy atom. The molecule has 0 fully saturated rings. The Hall–Kier alpha value is -1.62. The van der Waals surface area contributed by atoms with Gasteiger partial charge in [0.25, 0.3) is 0 Å². The molecule has 0 atom stereocenters. The highest BCUT2D eigenvalue weighted by Crippen LogP contribution is 2.27. The number of aryl methyl sites for hydroxylation is 1. The molecule has 0 heterocycles. The van der Waals surface area contributed by atoms with Crippen LogP contribution < -0.4 is 9.47 Å². The summed E-state index contributed by atoms with van der Waals surface area (Å²) in [5, 5.41) is 0. The molecule has 0 saturated heterocycles. The summed E-state index contributed by atoms with van der Waals surface area (Å²) in [4.78, 5) is 0. The van der Waals surface area contributed by atoms with Crippen LogP contribution >= 0.6 is 0 Å². The van der Waals surface area contributed by atoms with Crippen LogP contribution in [0.2, 0.25) is 0 Å². The smallest absolute Gasteiger partial charge is 0.182 e. The fourth-order valence-corrected chi connectivity index (χ4v) is 0.923. The van der Waals surface area contributed by atoms with E-state index in [2.05, 4.69) is 6.11 Å². The van der Waals surface area contributed by atoms with Crippen LogP contribution in [0.1, 0.15) is 5.56 Å². The van der Waals surface area contributed by atoms with Crippen LogP contribution in [-0.2, 0) is 0 Å². The first-order valence-electron chi connectivity index (χ1n) is 3.55. The third-order valence-corrected chi connectivity index (χ3v) is 1.49. The Balaban J connectivity index is 3.04. The predicted octanol–water partition coefficient (Wildman–Crippen LogP) is 1.97. The zero-order valence-corrected chi connectivity index (χ0v) is 7.13. The van der Waals surface area contributed by atoms with E-state index in [1.54, 1.807) is 13.2 Å². The lowest BCUT2D eigenvalue weighted by molar-refractivity contribution is 0.386. The maximum absolute atomic E-state index is 5.06. The number of methoxy groups -OCH3 is 1. The van der Waals surface area contributed by atoms with Crippen molar-refractivity contribution in [2.24, 2.45) is 0 Å². The van der Waals surface area contributed by atoms with Crippen molar-refractivity contribution in [2.45, 2.75) is 6.92 Å². The molecule has 62 valence electrons. The van der Waals surface area contributed by atoms with Gasteiger partial charge in [-0.2, -0.15) is 0 Å². The van der Waals surface area contributed by atoms with Gasteiger partial charge in [-0.1, -0.05) is 12.5 Å². The summed E-state index contributed by atoms with van der Waals surface area (Å²) in [5.41, 5.74) is 1.11. The second kappa shape index (κ2) is 3.68. The summed E-state index contributed by atoms with van der Waals surface area (Å²) in [7, 11) is 1.58. The van der Waals surface area contributed by atoms with Gasteiger partial charge in [-0.3, -0.25) is 0 Å². The zero-order chi connectivity index (χ0) is 8.97. The van der Waals surface area contributed by atoms with E-state index in [4.69, 9.17) is 15.9 Å². The van der Waals surface area contributed by atoms with E-state index in [1.807, 2.05) is 19.1 Å². The minimum atomic E-state index is 0.575. The standard InChI is InChI=1S/C10H10O2/c1-4-12-9-6-5-8(2)7-10(9)11-3/h1,5-7H,2-3H3. The molecule has 0 aliphatic rings. The molecule has 0 unspecified atom stereocenters. The SMILES string of the molecule is C#COc1ccc(C)cc1OC. The van der Waals surface area contributed by atoms with Crippen LogP contribution in [0.3, 0.4) is 0 Å². The molecule has 0 aliphatic carbocycles. The normalized spacial score (nSPS) is 8.75. The third-order valence-electron chi connectivity index (χ3n) is 1.49. The summed E-state index contributed by atoms with van der Waals surface area (Å²) in [5.74, 6) is 1.23. The van der Waals surface area contributed by atoms with Crippen molar-refractivity contribution in [1.29, 1.82) is 0 Å². The fourth-order valence-electron chi connectivity index (χ4n) is 0.923.